The number of ether oxygens (including phenoxy) is 1. The Bertz CT molecular complexity index is 982. The molecule has 7 heteroatoms. The first-order chi connectivity index (χ1) is 13.2. The van der Waals surface area contributed by atoms with Crippen LogP contribution in [0.3, 0.4) is 0 Å². The standard InChI is InChI=1S/C20H19N3O4/c24-19(22-23-20(25)13-4-3-9-21-11-13)12-26-14-7-8-18-16(10-14)15-5-1-2-6-17(15)27-18/h3-4,7-11H,1-2,5-6,12H2,(H,22,24)(H,23,25). The van der Waals surface area contributed by atoms with Gasteiger partial charge in [0.2, 0.25) is 0 Å². The summed E-state index contributed by atoms with van der Waals surface area (Å²) < 4.78 is 11.4. The number of aryl methyl sites for hydroxylation is 2. The number of carbonyl (C=O) groups excluding carboxylic acids is 2. The van der Waals surface area contributed by atoms with E-state index in [9.17, 15) is 9.59 Å². The highest BCUT2D eigenvalue weighted by Crippen LogP contribution is 2.33. The maximum Gasteiger partial charge on any atom is 0.276 e. The van der Waals surface area contributed by atoms with Crippen LogP contribution >= 0.6 is 0 Å². The highest BCUT2D eigenvalue weighted by Gasteiger charge is 2.18. The Morgan fingerprint density at radius 3 is 2.89 bits per heavy atom. The van der Waals surface area contributed by atoms with Crippen LogP contribution in [0.15, 0.2) is 47.1 Å². The van der Waals surface area contributed by atoms with Gasteiger partial charge in [-0.15, -0.1) is 0 Å². The first kappa shape index (κ1) is 17.1. The van der Waals surface area contributed by atoms with Crippen LogP contribution < -0.4 is 15.6 Å². The number of hydrazine groups is 1. The molecule has 1 aliphatic rings. The predicted molar refractivity (Wildman–Crippen MR) is 98.2 cm³/mol. The zero-order valence-corrected chi connectivity index (χ0v) is 14.7. The molecule has 0 aliphatic heterocycles. The normalized spacial score (nSPS) is 13.0. The lowest BCUT2D eigenvalue weighted by atomic mass is 9.96. The Hall–Kier alpha value is -3.35. The van der Waals surface area contributed by atoms with Gasteiger partial charge in [0.15, 0.2) is 6.61 Å². The molecule has 3 aromatic rings. The number of furan rings is 1. The average molecular weight is 365 g/mol. The van der Waals surface area contributed by atoms with Crippen molar-refractivity contribution in [3.63, 3.8) is 0 Å². The number of nitrogens with zero attached hydrogens (tertiary/aromatic N) is 1. The van der Waals surface area contributed by atoms with Gasteiger partial charge in [0.25, 0.3) is 11.8 Å². The van der Waals surface area contributed by atoms with E-state index in [1.807, 2.05) is 12.1 Å². The van der Waals surface area contributed by atoms with E-state index in [-0.39, 0.29) is 6.61 Å². The Labute approximate surface area is 155 Å². The molecule has 138 valence electrons. The minimum atomic E-state index is -0.457. The topological polar surface area (TPSA) is 93.5 Å². The van der Waals surface area contributed by atoms with Gasteiger partial charge in [0.05, 0.1) is 5.56 Å². The largest absolute Gasteiger partial charge is 0.484 e. The zero-order valence-electron chi connectivity index (χ0n) is 14.7. The third-order valence-electron chi connectivity index (χ3n) is 4.54. The van der Waals surface area contributed by atoms with Crippen LogP contribution in [0.25, 0.3) is 11.0 Å². The van der Waals surface area contributed by atoms with E-state index < -0.39 is 11.8 Å². The number of hydrogen-bond donors (Lipinski definition) is 2. The van der Waals surface area contributed by atoms with Crippen molar-refractivity contribution in [2.75, 3.05) is 6.61 Å². The minimum Gasteiger partial charge on any atom is -0.484 e. The van der Waals surface area contributed by atoms with Gasteiger partial charge < -0.3 is 9.15 Å². The molecule has 0 atom stereocenters. The predicted octanol–water partition coefficient (Wildman–Crippen LogP) is 2.55. The minimum absolute atomic E-state index is 0.209. The summed E-state index contributed by atoms with van der Waals surface area (Å²) in [5, 5.41) is 1.05. The summed E-state index contributed by atoms with van der Waals surface area (Å²) >= 11 is 0. The lowest BCUT2D eigenvalue weighted by Crippen LogP contribution is -2.43. The summed E-state index contributed by atoms with van der Waals surface area (Å²) in [6.45, 7) is -0.209. The molecular formula is C20H19N3O4. The third kappa shape index (κ3) is 3.76. The van der Waals surface area contributed by atoms with E-state index in [4.69, 9.17) is 9.15 Å². The molecule has 0 spiro atoms. The van der Waals surface area contributed by atoms with E-state index in [1.165, 1.54) is 11.8 Å². The molecule has 1 aliphatic carbocycles. The van der Waals surface area contributed by atoms with Crippen LogP contribution in [-0.2, 0) is 17.6 Å². The molecule has 0 fully saturated rings. The molecule has 0 radical (unpaired) electrons. The molecule has 0 saturated heterocycles. The van der Waals surface area contributed by atoms with Gasteiger partial charge >= 0.3 is 0 Å². The number of nitrogens with one attached hydrogen (secondary N) is 2. The number of hydrogen-bond acceptors (Lipinski definition) is 5. The quantitative estimate of drug-likeness (QED) is 0.693. The van der Waals surface area contributed by atoms with E-state index in [0.29, 0.717) is 11.3 Å². The average Bonchev–Trinajstić information content (AvgIpc) is 3.09. The zero-order chi connectivity index (χ0) is 18.6. The van der Waals surface area contributed by atoms with Crippen molar-refractivity contribution in [2.45, 2.75) is 25.7 Å². The number of benzene rings is 1. The van der Waals surface area contributed by atoms with E-state index >= 15 is 0 Å². The maximum absolute atomic E-state index is 11.9. The fourth-order valence-electron chi connectivity index (χ4n) is 3.21. The Balaban J connectivity index is 1.34. The Morgan fingerprint density at radius 2 is 2.04 bits per heavy atom. The lowest BCUT2D eigenvalue weighted by molar-refractivity contribution is -0.123. The van der Waals surface area contributed by atoms with Crippen LogP contribution in [0.5, 0.6) is 5.75 Å². The van der Waals surface area contributed by atoms with Gasteiger partial charge in [-0.05, 0) is 49.6 Å². The number of pyridine rings is 1. The van der Waals surface area contributed by atoms with Gasteiger partial charge in [0, 0.05) is 29.8 Å². The number of rotatable bonds is 4. The summed E-state index contributed by atoms with van der Waals surface area (Å²) in [7, 11) is 0. The van der Waals surface area contributed by atoms with E-state index in [1.54, 1.807) is 24.4 Å². The van der Waals surface area contributed by atoms with Crippen LogP contribution in [0.4, 0.5) is 0 Å². The van der Waals surface area contributed by atoms with Crippen LogP contribution in [0.2, 0.25) is 0 Å². The fraction of sp³-hybridized carbons (Fsp3) is 0.250. The van der Waals surface area contributed by atoms with Gasteiger partial charge in [-0.25, -0.2) is 0 Å². The van der Waals surface area contributed by atoms with Crippen molar-refractivity contribution in [2.24, 2.45) is 0 Å². The number of amides is 2. The van der Waals surface area contributed by atoms with Crippen molar-refractivity contribution in [3.8, 4) is 5.75 Å². The molecule has 2 amide bonds. The molecule has 2 heterocycles. The number of fused-ring (bicyclic) bond motifs is 3. The molecule has 7 nitrogen and oxygen atoms in total. The maximum atomic E-state index is 11.9. The van der Waals surface area contributed by atoms with Crippen molar-refractivity contribution in [1.82, 2.24) is 15.8 Å². The second-order valence-electron chi connectivity index (χ2n) is 6.40. The van der Waals surface area contributed by atoms with Crippen molar-refractivity contribution >= 4 is 22.8 Å². The molecule has 0 unspecified atom stereocenters. The summed E-state index contributed by atoms with van der Waals surface area (Å²) in [5.74, 6) is 0.749. The molecule has 0 saturated carbocycles. The summed E-state index contributed by atoms with van der Waals surface area (Å²) in [5.41, 5.74) is 7.10. The van der Waals surface area contributed by atoms with Crippen LogP contribution in [0.1, 0.15) is 34.5 Å². The molecule has 1 aromatic carbocycles. The summed E-state index contributed by atoms with van der Waals surface area (Å²) in [6.07, 6.45) is 7.27. The Kier molecular flexibility index (Phi) is 4.74. The highest BCUT2D eigenvalue weighted by atomic mass is 16.5. The molecule has 2 N–H and O–H groups in total. The number of aromatic nitrogens is 1. The molecule has 2 aromatic heterocycles. The summed E-state index contributed by atoms with van der Waals surface area (Å²) in [6, 6.07) is 8.80. The Morgan fingerprint density at radius 1 is 1.15 bits per heavy atom. The monoisotopic (exact) mass is 365 g/mol. The number of carbonyl (C=O) groups is 2. The van der Waals surface area contributed by atoms with Crippen molar-refractivity contribution in [1.29, 1.82) is 0 Å². The molecule has 4 rings (SSSR count). The van der Waals surface area contributed by atoms with Gasteiger partial charge in [-0.1, -0.05) is 0 Å². The lowest BCUT2D eigenvalue weighted by Gasteiger charge is -2.10. The second kappa shape index (κ2) is 7.49. The highest BCUT2D eigenvalue weighted by molar-refractivity contribution is 5.95. The first-order valence-corrected chi connectivity index (χ1v) is 8.87. The van der Waals surface area contributed by atoms with Crippen molar-refractivity contribution in [3.05, 3.63) is 59.6 Å². The molecule has 0 bridgehead atoms. The first-order valence-electron chi connectivity index (χ1n) is 8.87. The smallest absolute Gasteiger partial charge is 0.276 e. The fourth-order valence-corrected chi connectivity index (χ4v) is 3.21. The summed E-state index contributed by atoms with van der Waals surface area (Å²) in [4.78, 5) is 27.6. The van der Waals surface area contributed by atoms with E-state index in [2.05, 4.69) is 15.8 Å². The molecular weight excluding hydrogens is 346 g/mol. The van der Waals surface area contributed by atoms with Crippen LogP contribution in [-0.4, -0.2) is 23.4 Å². The van der Waals surface area contributed by atoms with Gasteiger partial charge in [0.1, 0.15) is 17.1 Å². The van der Waals surface area contributed by atoms with Crippen molar-refractivity contribution < 1.29 is 18.7 Å². The second-order valence-corrected chi connectivity index (χ2v) is 6.40. The van der Waals surface area contributed by atoms with E-state index in [0.717, 1.165) is 42.4 Å². The SMILES string of the molecule is O=C(COc1ccc2oc3c(c2c1)CCCC3)NNC(=O)c1cccnc1. The molecule has 27 heavy (non-hydrogen) atoms. The van der Waals surface area contributed by atoms with Gasteiger partial charge in [-0.2, -0.15) is 0 Å². The van der Waals surface area contributed by atoms with Gasteiger partial charge in [-0.3, -0.25) is 25.4 Å². The van der Waals surface area contributed by atoms with Crippen LogP contribution in [0, 0.1) is 0 Å². The third-order valence-corrected chi connectivity index (χ3v) is 4.54.